The molecule has 0 bridgehead atoms. The number of benzene rings is 6. The molecule has 2 heteroatoms. The van der Waals surface area contributed by atoms with Gasteiger partial charge in [-0.2, -0.15) is 0 Å². The quantitative estimate of drug-likeness (QED) is 0.225. The molecule has 0 fully saturated rings. The molecule has 8 aromatic rings. The van der Waals surface area contributed by atoms with E-state index in [1.165, 1.54) is 0 Å². The maximum atomic E-state index is 9.58. The summed E-state index contributed by atoms with van der Waals surface area (Å²) in [6, 6.07) is -17.2. The van der Waals surface area contributed by atoms with Gasteiger partial charge in [0.1, 0.15) is 0 Å². The third-order valence-electron chi connectivity index (χ3n) is 6.06. The van der Waals surface area contributed by atoms with Crippen molar-refractivity contribution >= 4 is 43.6 Å². The average Bonchev–Trinajstić information content (AvgIpc) is 3.77. The van der Waals surface area contributed by atoms with Gasteiger partial charge in [0, 0.05) is 32.9 Å². The monoisotopic (exact) mass is 507 g/mol. The van der Waals surface area contributed by atoms with Crippen molar-refractivity contribution < 1.29 is 31.5 Å². The molecule has 6 aromatic carbocycles. The molecule has 0 aliphatic rings. The van der Waals surface area contributed by atoms with E-state index in [-0.39, 0.29) is 0 Å². The minimum atomic E-state index is -0.854. The van der Waals surface area contributed by atoms with Crippen LogP contribution >= 0.6 is 0 Å². The van der Waals surface area contributed by atoms with Gasteiger partial charge >= 0.3 is 0 Å². The van der Waals surface area contributed by atoms with Crippen molar-refractivity contribution in [3.05, 3.63) is 145 Å². The van der Waals surface area contributed by atoms with E-state index in [0.717, 1.165) is 15.2 Å². The Bertz CT molecular complexity index is 3340. The predicted octanol–water partition coefficient (Wildman–Crippen LogP) is 9.55. The van der Waals surface area contributed by atoms with Crippen molar-refractivity contribution in [1.82, 2.24) is 9.13 Å². The van der Waals surface area contributed by atoms with Crippen LogP contribution in [0, 0.1) is 0 Å². The van der Waals surface area contributed by atoms with Gasteiger partial charge in [0.05, 0.1) is 53.6 Å². The lowest BCUT2D eigenvalue weighted by molar-refractivity contribution is 1.18. The highest BCUT2D eigenvalue weighted by Gasteiger charge is 2.15. The molecule has 0 N–H and O–H groups in total. The van der Waals surface area contributed by atoms with Gasteiger partial charge < -0.3 is 9.13 Å². The average molecular weight is 508 g/mol. The summed E-state index contributed by atoms with van der Waals surface area (Å²) >= 11 is 0. The number of nitrogens with zero attached hydrogens (tertiary/aromatic N) is 2. The smallest absolute Gasteiger partial charge is 0.0645 e. The third-order valence-corrected chi connectivity index (χ3v) is 6.06. The van der Waals surface area contributed by atoms with E-state index in [1.54, 1.807) is 0 Å². The molecule has 2 nitrogen and oxygen atoms in total. The summed E-state index contributed by atoms with van der Waals surface area (Å²) in [5, 5.41) is -1.76. The van der Waals surface area contributed by atoms with Gasteiger partial charge in [-0.15, -0.1) is 0 Å². The van der Waals surface area contributed by atoms with Crippen molar-refractivity contribution in [2.75, 3.05) is 0 Å². The second kappa shape index (κ2) is 8.22. The van der Waals surface area contributed by atoms with Crippen LogP contribution in [0.3, 0.4) is 0 Å². The van der Waals surface area contributed by atoms with Crippen LogP contribution in [0.5, 0.6) is 0 Å². The second-order valence-corrected chi connectivity index (χ2v) is 8.09. The van der Waals surface area contributed by atoms with E-state index in [9.17, 15) is 6.85 Å². The largest absolute Gasteiger partial charge is 0.309 e. The standard InChI is InChI=1S/C36H24N2/c1-3-11-27(12-4-1)37-33-17-9-7-15-29(33)31-23-25(19-21-35(31)37)26-20-22-36-32(24-26)30-16-8-10-18-34(30)38(36)28-13-5-2-6-14-28/h1-24H/i1D,2D,3D,4D,5D,6D,7D,8D,9D,10D,11D,12D,13D,14D,15D,16D,17D,18D,19D,21D,22D,23D,24D. The molecule has 0 unspecified atom stereocenters. The summed E-state index contributed by atoms with van der Waals surface area (Å²) in [5.74, 6) is 0. The fraction of sp³-hybridized carbons (Fsp3) is 0. The molecule has 0 saturated carbocycles. The molecule has 0 atom stereocenters. The van der Waals surface area contributed by atoms with Crippen LogP contribution < -0.4 is 0 Å². The highest BCUT2D eigenvalue weighted by Crippen LogP contribution is 2.38. The predicted molar refractivity (Wildman–Crippen MR) is 161 cm³/mol. The molecule has 0 radical (unpaired) electrons. The van der Waals surface area contributed by atoms with E-state index >= 15 is 0 Å². The molecular weight excluding hydrogens is 460 g/mol. The number of para-hydroxylation sites is 4. The zero-order valence-electron chi connectivity index (χ0n) is 42.0. The normalized spacial score (nSPS) is 20.2. The first kappa shape index (κ1) is 8.47. The molecular formula is C36H24N2. The summed E-state index contributed by atoms with van der Waals surface area (Å²) < 4.78 is 202. The molecule has 0 aliphatic heterocycles. The Morgan fingerprint density at radius 2 is 0.816 bits per heavy atom. The molecule has 0 aliphatic carbocycles. The van der Waals surface area contributed by atoms with Crippen LogP contribution in [-0.2, 0) is 0 Å². The van der Waals surface area contributed by atoms with E-state index in [4.69, 9.17) is 24.7 Å². The summed E-state index contributed by atoms with van der Waals surface area (Å²) in [6.45, 7) is 0. The van der Waals surface area contributed by atoms with Crippen molar-refractivity contribution in [1.29, 1.82) is 0 Å². The highest BCUT2D eigenvalue weighted by molar-refractivity contribution is 6.12. The van der Waals surface area contributed by atoms with Crippen molar-refractivity contribution in [3.8, 4) is 22.5 Å². The molecule has 0 spiro atoms. The van der Waals surface area contributed by atoms with Gasteiger partial charge in [-0.25, -0.2) is 0 Å². The maximum Gasteiger partial charge on any atom is 0.0645 e. The minimum Gasteiger partial charge on any atom is -0.309 e. The van der Waals surface area contributed by atoms with Crippen LogP contribution in [0.1, 0.15) is 31.5 Å². The van der Waals surface area contributed by atoms with Gasteiger partial charge in [-0.05, 0) is 71.6 Å². The summed E-state index contributed by atoms with van der Waals surface area (Å²) in [4.78, 5) is 0. The minimum absolute atomic E-state index is 0.411. The molecule has 0 amide bonds. The Hall–Kier alpha value is -5.08. The van der Waals surface area contributed by atoms with Gasteiger partial charge in [-0.3, -0.25) is 0 Å². The van der Waals surface area contributed by atoms with E-state index in [0.29, 0.717) is 0 Å². The highest BCUT2D eigenvalue weighted by atomic mass is 15.0. The Morgan fingerprint density at radius 3 is 1.39 bits per heavy atom. The zero-order valence-corrected chi connectivity index (χ0v) is 19.0. The molecule has 0 saturated heterocycles. The first-order chi connectivity index (χ1) is 28.4. The Kier molecular flexibility index (Phi) is 1.83. The van der Waals surface area contributed by atoms with E-state index in [1.807, 2.05) is 0 Å². The maximum absolute atomic E-state index is 9.58. The molecule has 8 rings (SSSR count). The lowest BCUT2D eigenvalue weighted by Gasteiger charge is -2.09. The van der Waals surface area contributed by atoms with Gasteiger partial charge in [0.2, 0.25) is 0 Å². The van der Waals surface area contributed by atoms with Crippen molar-refractivity contribution in [2.45, 2.75) is 0 Å². The summed E-state index contributed by atoms with van der Waals surface area (Å²) in [7, 11) is 0. The van der Waals surface area contributed by atoms with E-state index < -0.39 is 205 Å². The Balaban J connectivity index is 1.62. The number of fused-ring (bicyclic) bond motifs is 6. The lowest BCUT2D eigenvalue weighted by atomic mass is 10.0. The molecule has 38 heavy (non-hydrogen) atoms. The fourth-order valence-corrected chi connectivity index (χ4v) is 4.51. The lowest BCUT2D eigenvalue weighted by Crippen LogP contribution is -1.93. The first-order valence-corrected chi connectivity index (χ1v) is 11.2. The number of hydrogen-bond acceptors (Lipinski definition) is 0. The first-order valence-electron chi connectivity index (χ1n) is 22.7. The summed E-state index contributed by atoms with van der Waals surface area (Å²) in [6.07, 6.45) is 0. The fourth-order valence-electron chi connectivity index (χ4n) is 4.51. The topological polar surface area (TPSA) is 9.86 Å². The summed E-state index contributed by atoms with van der Waals surface area (Å²) in [5.41, 5.74) is -4.19. The number of rotatable bonds is 3. The molecule has 2 heterocycles. The van der Waals surface area contributed by atoms with Crippen LogP contribution in [0.15, 0.2) is 145 Å². The van der Waals surface area contributed by atoms with Gasteiger partial charge in [0.25, 0.3) is 0 Å². The van der Waals surface area contributed by atoms with Crippen LogP contribution in [0.25, 0.3) is 66.1 Å². The van der Waals surface area contributed by atoms with Crippen LogP contribution in [0.2, 0.25) is 0 Å². The third kappa shape index (κ3) is 3.07. The second-order valence-electron chi connectivity index (χ2n) is 8.09. The van der Waals surface area contributed by atoms with Gasteiger partial charge in [-0.1, -0.05) is 84.6 Å². The Morgan fingerprint density at radius 1 is 0.368 bits per heavy atom. The van der Waals surface area contributed by atoms with Gasteiger partial charge in [0.15, 0.2) is 0 Å². The van der Waals surface area contributed by atoms with Crippen LogP contribution in [-0.4, -0.2) is 9.13 Å². The molecule has 178 valence electrons. The Labute approximate surface area is 252 Å². The number of hydrogen-bond donors (Lipinski definition) is 0. The van der Waals surface area contributed by atoms with Crippen molar-refractivity contribution in [3.63, 3.8) is 0 Å². The van der Waals surface area contributed by atoms with E-state index in [2.05, 4.69) is 0 Å². The molecule has 2 aromatic heterocycles. The van der Waals surface area contributed by atoms with Crippen LogP contribution in [0.4, 0.5) is 0 Å². The van der Waals surface area contributed by atoms with Crippen molar-refractivity contribution in [2.24, 2.45) is 0 Å². The number of aromatic nitrogens is 2. The SMILES string of the molecule is [2H]c1c([2H])c([2H])c(-n2c3c([2H])cc(-c4c([2H])c([2H])c5c(c4[2H])c4c([2H])c([2H])c([2H])c([2H])c4n5-c4c([2H])c([2H])c([2H])c([2H])c4[2H])c([2H])c3c3c([2H])c([2H])c([2H])c([2H])c32)c([2H])c1[2H]. The zero-order chi connectivity index (χ0) is 45.1.